The lowest BCUT2D eigenvalue weighted by Gasteiger charge is -2.38. The molecule has 0 saturated heterocycles. The minimum Gasteiger partial charge on any atom is -0.388 e. The molecule has 5 heteroatoms. The van der Waals surface area contributed by atoms with Crippen LogP contribution in [0.4, 0.5) is 4.39 Å². The van der Waals surface area contributed by atoms with Gasteiger partial charge in [0, 0.05) is 23.3 Å². The van der Waals surface area contributed by atoms with Crippen LogP contribution in [0.15, 0.2) is 72.7 Å². The molecule has 1 saturated carbocycles. The molecule has 2 aliphatic carbocycles. The van der Waals surface area contributed by atoms with Crippen LogP contribution in [0.2, 0.25) is 0 Å². The maximum absolute atomic E-state index is 13.4. The predicted molar refractivity (Wildman–Crippen MR) is 123 cm³/mol. The Morgan fingerprint density at radius 1 is 1.09 bits per heavy atom. The SMILES string of the molecule is C[C@]12Cc3cnn(-c4ccc(F)cc4)c3C=C1CC[C@@H]2[C@H](O)c1cncc2ccccc12. The molecule has 0 spiro atoms. The summed E-state index contributed by atoms with van der Waals surface area (Å²) in [4.78, 5) is 4.40. The number of aromatic nitrogens is 3. The zero-order chi connectivity index (χ0) is 21.9. The number of aliphatic hydroxyl groups is 1. The van der Waals surface area contributed by atoms with Crippen molar-refractivity contribution in [2.75, 3.05) is 0 Å². The molecule has 4 nitrogen and oxygen atoms in total. The van der Waals surface area contributed by atoms with Gasteiger partial charge in [0.1, 0.15) is 5.82 Å². The Morgan fingerprint density at radius 2 is 1.91 bits per heavy atom. The average Bonchev–Trinajstić information content (AvgIpc) is 3.36. The number of pyridine rings is 1. The molecule has 0 aliphatic heterocycles. The first-order chi connectivity index (χ1) is 15.5. The van der Waals surface area contributed by atoms with Gasteiger partial charge in [0.25, 0.3) is 0 Å². The first-order valence-corrected chi connectivity index (χ1v) is 11.1. The predicted octanol–water partition coefficient (Wildman–Crippen LogP) is 5.65. The van der Waals surface area contributed by atoms with Crippen LogP contribution in [-0.4, -0.2) is 19.9 Å². The molecular weight excluding hydrogens is 401 g/mol. The molecule has 0 bridgehead atoms. The van der Waals surface area contributed by atoms with E-state index in [1.54, 1.807) is 12.1 Å². The summed E-state index contributed by atoms with van der Waals surface area (Å²) in [5.41, 5.74) is 5.20. The largest absolute Gasteiger partial charge is 0.388 e. The van der Waals surface area contributed by atoms with Crippen molar-refractivity contribution in [1.82, 2.24) is 14.8 Å². The minimum atomic E-state index is -0.585. The quantitative estimate of drug-likeness (QED) is 0.462. The molecule has 6 rings (SSSR count). The fourth-order valence-electron chi connectivity index (χ4n) is 5.76. The Balaban J connectivity index is 1.38. The molecule has 2 aromatic carbocycles. The fourth-order valence-corrected chi connectivity index (χ4v) is 5.76. The molecule has 0 radical (unpaired) electrons. The van der Waals surface area contributed by atoms with Crippen LogP contribution < -0.4 is 0 Å². The summed E-state index contributed by atoms with van der Waals surface area (Å²) in [6.07, 6.45) is 9.95. The van der Waals surface area contributed by atoms with Gasteiger partial charge in [-0.25, -0.2) is 9.07 Å². The molecule has 2 aromatic heterocycles. The molecule has 1 fully saturated rings. The number of hydrogen-bond donors (Lipinski definition) is 1. The lowest BCUT2D eigenvalue weighted by molar-refractivity contribution is 0.0564. The van der Waals surface area contributed by atoms with Crippen LogP contribution in [0.3, 0.4) is 0 Å². The zero-order valence-electron chi connectivity index (χ0n) is 17.9. The van der Waals surface area contributed by atoms with Crippen molar-refractivity contribution in [3.8, 4) is 5.69 Å². The van der Waals surface area contributed by atoms with Gasteiger partial charge in [-0.15, -0.1) is 0 Å². The van der Waals surface area contributed by atoms with Crippen molar-refractivity contribution >= 4 is 16.8 Å². The van der Waals surface area contributed by atoms with Crippen LogP contribution in [0.1, 0.15) is 42.7 Å². The molecule has 0 amide bonds. The van der Waals surface area contributed by atoms with Crippen LogP contribution in [0.5, 0.6) is 0 Å². The molecule has 1 N–H and O–H groups in total. The van der Waals surface area contributed by atoms with Crippen molar-refractivity contribution in [1.29, 1.82) is 0 Å². The highest BCUT2D eigenvalue weighted by atomic mass is 19.1. The molecule has 32 heavy (non-hydrogen) atoms. The van der Waals surface area contributed by atoms with E-state index in [1.807, 2.05) is 41.5 Å². The summed E-state index contributed by atoms with van der Waals surface area (Å²) in [5, 5.41) is 18.3. The highest BCUT2D eigenvalue weighted by molar-refractivity contribution is 5.85. The van der Waals surface area contributed by atoms with Gasteiger partial charge >= 0.3 is 0 Å². The first-order valence-electron chi connectivity index (χ1n) is 11.1. The molecular formula is C27H24FN3O. The van der Waals surface area contributed by atoms with E-state index in [0.717, 1.165) is 52.5 Å². The number of benzene rings is 2. The highest BCUT2D eigenvalue weighted by Gasteiger charge is 2.48. The summed E-state index contributed by atoms with van der Waals surface area (Å²) >= 11 is 0. The summed E-state index contributed by atoms with van der Waals surface area (Å²) in [5.74, 6) is -0.153. The maximum atomic E-state index is 13.4. The summed E-state index contributed by atoms with van der Waals surface area (Å²) in [7, 11) is 0. The number of aliphatic hydroxyl groups excluding tert-OH is 1. The fraction of sp³-hybridized carbons (Fsp3) is 0.259. The maximum Gasteiger partial charge on any atom is 0.123 e. The van der Waals surface area contributed by atoms with E-state index < -0.39 is 6.10 Å². The summed E-state index contributed by atoms with van der Waals surface area (Å²) in [6, 6.07) is 14.5. The third kappa shape index (κ3) is 2.84. The third-order valence-electron chi connectivity index (χ3n) is 7.50. The van der Waals surface area contributed by atoms with E-state index in [9.17, 15) is 9.50 Å². The first kappa shape index (κ1) is 19.4. The van der Waals surface area contributed by atoms with Crippen LogP contribution in [0.25, 0.3) is 22.5 Å². The van der Waals surface area contributed by atoms with Crippen LogP contribution >= 0.6 is 0 Å². The van der Waals surface area contributed by atoms with E-state index in [0.29, 0.717) is 0 Å². The minimum absolute atomic E-state index is 0.101. The van der Waals surface area contributed by atoms with E-state index in [-0.39, 0.29) is 17.2 Å². The van der Waals surface area contributed by atoms with Gasteiger partial charge in [0.05, 0.1) is 23.7 Å². The van der Waals surface area contributed by atoms with E-state index in [2.05, 4.69) is 29.1 Å². The van der Waals surface area contributed by atoms with Gasteiger partial charge in [-0.2, -0.15) is 5.10 Å². The topological polar surface area (TPSA) is 50.9 Å². The molecule has 160 valence electrons. The highest BCUT2D eigenvalue weighted by Crippen LogP contribution is 2.57. The number of allylic oxidation sites excluding steroid dienone is 1. The van der Waals surface area contributed by atoms with Gasteiger partial charge in [0.15, 0.2) is 0 Å². The molecule has 0 unspecified atom stereocenters. The Morgan fingerprint density at radius 3 is 2.75 bits per heavy atom. The number of halogens is 1. The van der Waals surface area contributed by atoms with Crippen LogP contribution in [-0.2, 0) is 6.42 Å². The normalized spacial score (nSPS) is 23.0. The van der Waals surface area contributed by atoms with Crippen molar-refractivity contribution in [3.05, 3.63) is 95.3 Å². The van der Waals surface area contributed by atoms with Crippen molar-refractivity contribution in [2.45, 2.75) is 32.3 Å². The summed E-state index contributed by atoms with van der Waals surface area (Å²) < 4.78 is 15.3. The Bertz CT molecular complexity index is 1350. The lowest BCUT2D eigenvalue weighted by Crippen LogP contribution is -2.32. The van der Waals surface area contributed by atoms with Gasteiger partial charge in [-0.1, -0.05) is 36.8 Å². The lowest BCUT2D eigenvalue weighted by atomic mass is 9.67. The molecule has 3 atom stereocenters. The zero-order valence-corrected chi connectivity index (χ0v) is 17.9. The second-order valence-corrected chi connectivity index (χ2v) is 9.25. The summed E-state index contributed by atoms with van der Waals surface area (Å²) in [6.45, 7) is 2.27. The average molecular weight is 426 g/mol. The van der Waals surface area contributed by atoms with Gasteiger partial charge in [-0.05, 0) is 71.9 Å². The second kappa shape index (κ2) is 7.10. The standard InChI is InChI=1S/C27H24FN3O/c1-27-13-18-15-30-31(21-9-7-20(28)8-10-21)25(18)12-19(27)6-11-24(27)26(32)23-16-29-14-17-4-2-3-5-22(17)23/h2-5,7-10,12,14-16,24,26,32H,6,11,13H2,1H3/t24-,26-,27+/m1/s1. The number of fused-ring (bicyclic) bond motifs is 3. The van der Waals surface area contributed by atoms with Crippen molar-refractivity contribution < 1.29 is 9.50 Å². The monoisotopic (exact) mass is 425 g/mol. The number of hydrogen-bond acceptors (Lipinski definition) is 3. The Kier molecular flexibility index (Phi) is 4.30. The third-order valence-corrected chi connectivity index (χ3v) is 7.50. The molecule has 2 aliphatic rings. The van der Waals surface area contributed by atoms with E-state index in [4.69, 9.17) is 0 Å². The molecule has 2 heterocycles. The van der Waals surface area contributed by atoms with Crippen molar-refractivity contribution in [2.24, 2.45) is 11.3 Å². The number of rotatable bonds is 3. The van der Waals surface area contributed by atoms with E-state index in [1.165, 1.54) is 17.7 Å². The smallest absolute Gasteiger partial charge is 0.123 e. The second-order valence-electron chi connectivity index (χ2n) is 9.25. The van der Waals surface area contributed by atoms with Crippen LogP contribution in [0, 0.1) is 17.2 Å². The van der Waals surface area contributed by atoms with E-state index >= 15 is 0 Å². The Labute approximate surface area is 186 Å². The van der Waals surface area contributed by atoms with Gasteiger partial charge in [0.2, 0.25) is 0 Å². The molecule has 4 aromatic rings. The van der Waals surface area contributed by atoms with Crippen molar-refractivity contribution in [3.63, 3.8) is 0 Å². The van der Waals surface area contributed by atoms with Gasteiger partial charge < -0.3 is 5.11 Å². The van der Waals surface area contributed by atoms with Gasteiger partial charge in [-0.3, -0.25) is 4.98 Å². The Hall–Kier alpha value is -3.31. The number of nitrogens with zero attached hydrogens (tertiary/aromatic N) is 3.